The van der Waals surface area contributed by atoms with Gasteiger partial charge in [-0.15, -0.1) is 11.3 Å². The SMILES string of the molecule is CC(C)C(CO)NC(=O)Cc1csc(N)n1. The number of rotatable bonds is 5. The molecular formula is C10H17N3O2S. The zero-order valence-electron chi connectivity index (χ0n) is 9.43. The number of nitrogens with zero attached hydrogens (tertiary/aromatic N) is 1. The Morgan fingerprint density at radius 3 is 2.81 bits per heavy atom. The predicted molar refractivity (Wildman–Crippen MR) is 64.1 cm³/mol. The quantitative estimate of drug-likeness (QED) is 0.698. The lowest BCUT2D eigenvalue weighted by Gasteiger charge is -2.19. The van der Waals surface area contributed by atoms with Crippen LogP contribution in [0.2, 0.25) is 0 Å². The number of carbonyl (C=O) groups excluding carboxylic acids is 1. The molecule has 0 aliphatic heterocycles. The third-order valence-electron chi connectivity index (χ3n) is 2.26. The molecule has 1 heterocycles. The number of carbonyl (C=O) groups is 1. The maximum atomic E-state index is 11.6. The Kier molecular flexibility index (Phi) is 4.70. The lowest BCUT2D eigenvalue weighted by Crippen LogP contribution is -2.41. The summed E-state index contributed by atoms with van der Waals surface area (Å²) in [5.74, 6) is 0.0625. The fraction of sp³-hybridized carbons (Fsp3) is 0.600. The van der Waals surface area contributed by atoms with Gasteiger partial charge < -0.3 is 16.2 Å². The summed E-state index contributed by atoms with van der Waals surface area (Å²) in [6, 6.07) is -0.205. The predicted octanol–water partition coefficient (Wildman–Crippen LogP) is 0.401. The van der Waals surface area contributed by atoms with Crippen LogP contribution < -0.4 is 11.1 Å². The minimum atomic E-state index is -0.205. The first-order chi connectivity index (χ1) is 7.52. The van der Waals surface area contributed by atoms with Crippen LogP contribution >= 0.6 is 11.3 Å². The standard InChI is InChI=1S/C10H17N3O2S/c1-6(2)8(4-14)13-9(15)3-7-5-16-10(11)12-7/h5-6,8,14H,3-4H2,1-2H3,(H2,11,12)(H,13,15). The number of amides is 1. The molecule has 0 saturated carbocycles. The number of nitrogen functional groups attached to an aromatic ring is 1. The van der Waals surface area contributed by atoms with Gasteiger partial charge in [0.1, 0.15) is 0 Å². The largest absolute Gasteiger partial charge is 0.394 e. The molecule has 1 aromatic heterocycles. The van der Waals surface area contributed by atoms with Crippen molar-refractivity contribution in [1.29, 1.82) is 0 Å². The molecule has 0 aliphatic carbocycles. The maximum Gasteiger partial charge on any atom is 0.226 e. The normalized spacial score (nSPS) is 12.8. The van der Waals surface area contributed by atoms with E-state index in [1.54, 1.807) is 5.38 Å². The molecular weight excluding hydrogens is 226 g/mol. The second-order valence-corrected chi connectivity index (χ2v) is 4.84. The molecule has 1 unspecified atom stereocenters. The van der Waals surface area contributed by atoms with Crippen LogP contribution in [0, 0.1) is 5.92 Å². The number of nitrogens with one attached hydrogen (secondary N) is 1. The van der Waals surface area contributed by atoms with Gasteiger partial charge in [0.25, 0.3) is 0 Å². The van der Waals surface area contributed by atoms with Gasteiger partial charge in [-0.25, -0.2) is 4.98 Å². The minimum absolute atomic E-state index is 0.0530. The number of nitrogens with two attached hydrogens (primary N) is 1. The summed E-state index contributed by atoms with van der Waals surface area (Å²) in [6.45, 7) is 3.84. The van der Waals surface area contributed by atoms with E-state index >= 15 is 0 Å². The molecule has 0 saturated heterocycles. The third kappa shape index (κ3) is 3.79. The molecule has 1 aromatic rings. The van der Waals surface area contributed by atoms with Gasteiger partial charge in [-0.3, -0.25) is 4.79 Å². The summed E-state index contributed by atoms with van der Waals surface area (Å²) < 4.78 is 0. The van der Waals surface area contributed by atoms with Crippen LogP contribution in [0.4, 0.5) is 5.13 Å². The monoisotopic (exact) mass is 243 g/mol. The first kappa shape index (κ1) is 12.9. The van der Waals surface area contributed by atoms with E-state index in [9.17, 15) is 4.79 Å². The number of aliphatic hydroxyl groups is 1. The van der Waals surface area contributed by atoms with Crippen LogP contribution in [-0.2, 0) is 11.2 Å². The van der Waals surface area contributed by atoms with Crippen molar-refractivity contribution in [1.82, 2.24) is 10.3 Å². The Hall–Kier alpha value is -1.14. The topological polar surface area (TPSA) is 88.2 Å². The number of thiazole rings is 1. The zero-order chi connectivity index (χ0) is 12.1. The van der Waals surface area contributed by atoms with Crippen LogP contribution in [0.15, 0.2) is 5.38 Å². The summed E-state index contributed by atoms with van der Waals surface area (Å²) in [5, 5.41) is 14.1. The van der Waals surface area contributed by atoms with Crippen LogP contribution in [0.3, 0.4) is 0 Å². The van der Waals surface area contributed by atoms with E-state index in [1.165, 1.54) is 11.3 Å². The van der Waals surface area contributed by atoms with Crippen molar-refractivity contribution in [3.63, 3.8) is 0 Å². The lowest BCUT2D eigenvalue weighted by molar-refractivity contribution is -0.121. The molecule has 1 atom stereocenters. The molecule has 4 N–H and O–H groups in total. The molecule has 1 amide bonds. The van der Waals surface area contributed by atoms with Gasteiger partial charge in [0, 0.05) is 5.38 Å². The Morgan fingerprint density at radius 2 is 2.38 bits per heavy atom. The van der Waals surface area contributed by atoms with Crippen molar-refractivity contribution in [2.24, 2.45) is 5.92 Å². The molecule has 16 heavy (non-hydrogen) atoms. The molecule has 90 valence electrons. The highest BCUT2D eigenvalue weighted by atomic mass is 32.1. The summed E-state index contributed by atoms with van der Waals surface area (Å²) in [7, 11) is 0. The molecule has 0 fully saturated rings. The number of hydrogen-bond acceptors (Lipinski definition) is 5. The number of hydrogen-bond donors (Lipinski definition) is 3. The summed E-state index contributed by atoms with van der Waals surface area (Å²) in [6.07, 6.45) is 0.205. The van der Waals surface area contributed by atoms with Crippen molar-refractivity contribution >= 4 is 22.4 Å². The van der Waals surface area contributed by atoms with E-state index in [0.29, 0.717) is 10.8 Å². The van der Waals surface area contributed by atoms with Crippen LogP contribution in [0.5, 0.6) is 0 Å². The van der Waals surface area contributed by atoms with E-state index in [2.05, 4.69) is 10.3 Å². The van der Waals surface area contributed by atoms with Gasteiger partial charge in [-0.05, 0) is 5.92 Å². The number of aromatic nitrogens is 1. The first-order valence-electron chi connectivity index (χ1n) is 5.13. The molecule has 1 rings (SSSR count). The van der Waals surface area contributed by atoms with Gasteiger partial charge in [0.15, 0.2) is 5.13 Å². The molecule has 0 bridgehead atoms. The molecule has 0 aliphatic rings. The summed E-state index contributed by atoms with van der Waals surface area (Å²) in [4.78, 5) is 15.6. The molecule has 0 radical (unpaired) electrons. The van der Waals surface area contributed by atoms with Crippen molar-refractivity contribution in [3.8, 4) is 0 Å². The average molecular weight is 243 g/mol. The van der Waals surface area contributed by atoms with E-state index in [0.717, 1.165) is 0 Å². The van der Waals surface area contributed by atoms with Gasteiger partial charge in [-0.1, -0.05) is 13.8 Å². The smallest absolute Gasteiger partial charge is 0.226 e. The fourth-order valence-corrected chi connectivity index (χ4v) is 1.81. The Balaban J connectivity index is 2.47. The van der Waals surface area contributed by atoms with Crippen molar-refractivity contribution in [2.45, 2.75) is 26.3 Å². The van der Waals surface area contributed by atoms with E-state index < -0.39 is 0 Å². The second-order valence-electron chi connectivity index (χ2n) is 3.95. The van der Waals surface area contributed by atoms with E-state index in [-0.39, 0.29) is 30.9 Å². The minimum Gasteiger partial charge on any atom is -0.394 e. The third-order valence-corrected chi connectivity index (χ3v) is 2.98. The van der Waals surface area contributed by atoms with Gasteiger partial charge in [0.05, 0.1) is 24.8 Å². The van der Waals surface area contributed by atoms with Crippen molar-refractivity contribution in [3.05, 3.63) is 11.1 Å². The van der Waals surface area contributed by atoms with E-state index in [4.69, 9.17) is 10.8 Å². The molecule has 6 heteroatoms. The van der Waals surface area contributed by atoms with Crippen LogP contribution in [0.25, 0.3) is 0 Å². The zero-order valence-corrected chi connectivity index (χ0v) is 10.3. The lowest BCUT2D eigenvalue weighted by atomic mass is 10.1. The van der Waals surface area contributed by atoms with Gasteiger partial charge >= 0.3 is 0 Å². The number of aliphatic hydroxyl groups excluding tert-OH is 1. The van der Waals surface area contributed by atoms with Crippen molar-refractivity contribution < 1.29 is 9.90 Å². The van der Waals surface area contributed by atoms with Gasteiger partial charge in [-0.2, -0.15) is 0 Å². The van der Waals surface area contributed by atoms with Crippen LogP contribution in [-0.4, -0.2) is 28.6 Å². The molecule has 0 aromatic carbocycles. The average Bonchev–Trinajstić information content (AvgIpc) is 2.60. The fourth-order valence-electron chi connectivity index (χ4n) is 1.25. The molecule has 5 nitrogen and oxygen atoms in total. The highest BCUT2D eigenvalue weighted by Gasteiger charge is 2.15. The second kappa shape index (κ2) is 5.81. The number of anilines is 1. The first-order valence-corrected chi connectivity index (χ1v) is 6.01. The summed E-state index contributed by atoms with van der Waals surface area (Å²) in [5.41, 5.74) is 6.13. The Labute approximate surface area is 98.7 Å². The van der Waals surface area contributed by atoms with Crippen molar-refractivity contribution in [2.75, 3.05) is 12.3 Å². The maximum absolute atomic E-state index is 11.6. The van der Waals surface area contributed by atoms with E-state index in [1.807, 2.05) is 13.8 Å². The van der Waals surface area contributed by atoms with Crippen LogP contribution in [0.1, 0.15) is 19.5 Å². The highest BCUT2D eigenvalue weighted by Crippen LogP contribution is 2.11. The highest BCUT2D eigenvalue weighted by molar-refractivity contribution is 7.13. The van der Waals surface area contributed by atoms with Gasteiger partial charge in [0.2, 0.25) is 5.91 Å². The summed E-state index contributed by atoms with van der Waals surface area (Å²) >= 11 is 1.31. The molecule has 0 spiro atoms. The Morgan fingerprint density at radius 1 is 1.69 bits per heavy atom. The Bertz CT molecular complexity index is 352.